The molecule has 0 saturated carbocycles. The van der Waals surface area contributed by atoms with Gasteiger partial charge in [-0.1, -0.05) is 25.1 Å². The van der Waals surface area contributed by atoms with Crippen LogP contribution in [0.25, 0.3) is 10.9 Å². The fourth-order valence-corrected chi connectivity index (χ4v) is 2.90. The Morgan fingerprint density at radius 3 is 3.05 bits per heavy atom. The average molecular weight is 256 g/mol. The lowest BCUT2D eigenvalue weighted by Gasteiger charge is -2.15. The number of aromatic amines is 1. The molecule has 0 aliphatic carbocycles. The quantitative estimate of drug-likeness (QED) is 0.900. The molecule has 1 fully saturated rings. The number of H-pyrrole nitrogens is 1. The smallest absolute Gasteiger partial charge is 0.222 e. The van der Waals surface area contributed by atoms with Gasteiger partial charge in [0.05, 0.1) is 0 Å². The highest BCUT2D eigenvalue weighted by Crippen LogP contribution is 2.20. The van der Waals surface area contributed by atoms with E-state index in [1.807, 2.05) is 23.2 Å². The van der Waals surface area contributed by atoms with Gasteiger partial charge in [-0.3, -0.25) is 4.79 Å². The largest absolute Gasteiger partial charge is 0.361 e. The zero-order chi connectivity index (χ0) is 13.2. The Labute approximate surface area is 113 Å². The van der Waals surface area contributed by atoms with E-state index in [1.54, 1.807) is 0 Å². The number of nitrogens with zero attached hydrogens (tertiary/aromatic N) is 1. The van der Waals surface area contributed by atoms with Gasteiger partial charge in [-0.15, -0.1) is 0 Å². The number of para-hydroxylation sites is 1. The van der Waals surface area contributed by atoms with Crippen molar-refractivity contribution in [2.45, 2.75) is 26.2 Å². The molecule has 0 spiro atoms. The summed E-state index contributed by atoms with van der Waals surface area (Å²) in [6, 6.07) is 8.26. The van der Waals surface area contributed by atoms with Gasteiger partial charge in [-0.05, 0) is 30.4 Å². The molecule has 1 aliphatic heterocycles. The highest BCUT2D eigenvalue weighted by atomic mass is 16.2. The third-order valence-corrected chi connectivity index (χ3v) is 4.06. The molecule has 1 aromatic carbocycles. The van der Waals surface area contributed by atoms with Crippen molar-refractivity contribution in [3.8, 4) is 0 Å². The first-order valence-electron chi connectivity index (χ1n) is 7.07. The third-order valence-electron chi connectivity index (χ3n) is 4.06. The summed E-state index contributed by atoms with van der Waals surface area (Å²) in [4.78, 5) is 17.4. The molecule has 1 saturated heterocycles. The molecule has 0 radical (unpaired) electrons. The lowest BCUT2D eigenvalue weighted by molar-refractivity contribution is -0.130. The molecular weight excluding hydrogens is 236 g/mol. The summed E-state index contributed by atoms with van der Waals surface area (Å²) in [5.74, 6) is 0.965. The van der Waals surface area contributed by atoms with E-state index in [-0.39, 0.29) is 0 Å². The van der Waals surface area contributed by atoms with Crippen LogP contribution in [0.3, 0.4) is 0 Å². The normalized spacial score (nSPS) is 19.2. The molecule has 0 bridgehead atoms. The summed E-state index contributed by atoms with van der Waals surface area (Å²) in [7, 11) is 0. The van der Waals surface area contributed by atoms with Crippen LogP contribution in [0, 0.1) is 5.92 Å². The molecule has 3 rings (SSSR count). The zero-order valence-corrected chi connectivity index (χ0v) is 11.4. The Balaban J connectivity index is 1.64. The number of benzene rings is 1. The van der Waals surface area contributed by atoms with Crippen LogP contribution in [0.1, 0.15) is 25.3 Å². The number of rotatable bonds is 3. The SMILES string of the molecule is CC1CCN(C(=O)CCc2c[nH]c3ccccc23)C1. The number of carbonyl (C=O) groups excluding carboxylic acids is 1. The van der Waals surface area contributed by atoms with Crippen molar-refractivity contribution in [3.63, 3.8) is 0 Å². The number of aromatic nitrogens is 1. The fraction of sp³-hybridized carbons (Fsp3) is 0.438. The van der Waals surface area contributed by atoms with Crippen LogP contribution in [-0.2, 0) is 11.2 Å². The molecule has 100 valence electrons. The molecule has 1 aliphatic rings. The van der Waals surface area contributed by atoms with Crippen molar-refractivity contribution in [1.29, 1.82) is 0 Å². The van der Waals surface area contributed by atoms with Crippen molar-refractivity contribution in [2.75, 3.05) is 13.1 Å². The van der Waals surface area contributed by atoms with Crippen molar-refractivity contribution in [1.82, 2.24) is 9.88 Å². The minimum atomic E-state index is 0.301. The number of likely N-dealkylation sites (tertiary alicyclic amines) is 1. The van der Waals surface area contributed by atoms with Crippen molar-refractivity contribution >= 4 is 16.8 Å². The number of aryl methyl sites for hydroxylation is 1. The van der Waals surface area contributed by atoms with Crippen LogP contribution in [0.4, 0.5) is 0 Å². The summed E-state index contributed by atoms with van der Waals surface area (Å²) in [6.07, 6.45) is 4.63. The first kappa shape index (κ1) is 12.3. The monoisotopic (exact) mass is 256 g/mol. The molecule has 1 atom stereocenters. The molecule has 1 amide bonds. The predicted octanol–water partition coefficient (Wildman–Crippen LogP) is 2.97. The molecular formula is C16H20N2O. The molecule has 1 aromatic heterocycles. The summed E-state index contributed by atoms with van der Waals surface area (Å²) >= 11 is 0. The number of amides is 1. The zero-order valence-electron chi connectivity index (χ0n) is 11.4. The second-order valence-electron chi connectivity index (χ2n) is 5.59. The maximum atomic E-state index is 12.1. The van der Waals surface area contributed by atoms with E-state index < -0.39 is 0 Å². The Morgan fingerprint density at radius 2 is 2.26 bits per heavy atom. The number of carbonyl (C=O) groups is 1. The standard InChI is InChI=1S/C16H20N2O/c1-12-8-9-18(11-12)16(19)7-6-13-10-17-15-5-3-2-4-14(13)15/h2-5,10,12,17H,6-9,11H2,1H3. The van der Waals surface area contributed by atoms with Crippen LogP contribution in [0.5, 0.6) is 0 Å². The Bertz CT molecular complexity index is 587. The van der Waals surface area contributed by atoms with E-state index >= 15 is 0 Å². The minimum absolute atomic E-state index is 0.301. The molecule has 2 aromatic rings. The Hall–Kier alpha value is -1.77. The Kier molecular flexibility index (Phi) is 3.28. The Morgan fingerprint density at radius 1 is 1.42 bits per heavy atom. The highest BCUT2D eigenvalue weighted by molar-refractivity contribution is 5.84. The minimum Gasteiger partial charge on any atom is -0.361 e. The lowest BCUT2D eigenvalue weighted by atomic mass is 10.1. The van der Waals surface area contributed by atoms with Crippen LogP contribution in [-0.4, -0.2) is 28.9 Å². The first-order chi connectivity index (χ1) is 9.24. The summed E-state index contributed by atoms with van der Waals surface area (Å²) in [6.45, 7) is 4.09. The van der Waals surface area contributed by atoms with Gasteiger partial charge in [0.2, 0.25) is 5.91 Å². The van der Waals surface area contributed by atoms with E-state index in [9.17, 15) is 4.79 Å². The van der Waals surface area contributed by atoms with E-state index in [0.29, 0.717) is 18.2 Å². The highest BCUT2D eigenvalue weighted by Gasteiger charge is 2.22. The van der Waals surface area contributed by atoms with Gasteiger partial charge < -0.3 is 9.88 Å². The van der Waals surface area contributed by atoms with E-state index in [0.717, 1.165) is 31.4 Å². The number of hydrogen-bond donors (Lipinski definition) is 1. The summed E-state index contributed by atoms with van der Waals surface area (Å²) in [5.41, 5.74) is 2.40. The second-order valence-corrected chi connectivity index (χ2v) is 5.59. The second kappa shape index (κ2) is 5.08. The van der Waals surface area contributed by atoms with E-state index in [2.05, 4.69) is 24.0 Å². The van der Waals surface area contributed by atoms with Gasteiger partial charge >= 0.3 is 0 Å². The van der Waals surface area contributed by atoms with Gasteiger partial charge in [0.25, 0.3) is 0 Å². The van der Waals surface area contributed by atoms with Gasteiger partial charge in [0.15, 0.2) is 0 Å². The molecule has 3 heteroatoms. The predicted molar refractivity (Wildman–Crippen MR) is 77.0 cm³/mol. The van der Waals surface area contributed by atoms with Crippen LogP contribution in [0.2, 0.25) is 0 Å². The van der Waals surface area contributed by atoms with Gasteiger partial charge in [0.1, 0.15) is 0 Å². The molecule has 19 heavy (non-hydrogen) atoms. The van der Waals surface area contributed by atoms with Crippen LogP contribution in [0.15, 0.2) is 30.5 Å². The van der Waals surface area contributed by atoms with Crippen LogP contribution >= 0.6 is 0 Å². The van der Waals surface area contributed by atoms with Gasteiger partial charge in [0, 0.05) is 36.6 Å². The van der Waals surface area contributed by atoms with Crippen molar-refractivity contribution in [3.05, 3.63) is 36.0 Å². The van der Waals surface area contributed by atoms with Crippen LogP contribution < -0.4 is 0 Å². The van der Waals surface area contributed by atoms with E-state index in [4.69, 9.17) is 0 Å². The maximum absolute atomic E-state index is 12.1. The molecule has 1 N–H and O–H groups in total. The van der Waals surface area contributed by atoms with Crippen molar-refractivity contribution < 1.29 is 4.79 Å². The number of fused-ring (bicyclic) bond motifs is 1. The maximum Gasteiger partial charge on any atom is 0.222 e. The van der Waals surface area contributed by atoms with Gasteiger partial charge in [-0.25, -0.2) is 0 Å². The average Bonchev–Trinajstić information content (AvgIpc) is 3.02. The third kappa shape index (κ3) is 2.50. The topological polar surface area (TPSA) is 36.1 Å². The molecule has 1 unspecified atom stereocenters. The lowest BCUT2D eigenvalue weighted by Crippen LogP contribution is -2.28. The fourth-order valence-electron chi connectivity index (χ4n) is 2.90. The number of hydrogen-bond acceptors (Lipinski definition) is 1. The van der Waals surface area contributed by atoms with E-state index in [1.165, 1.54) is 10.9 Å². The van der Waals surface area contributed by atoms with Crippen molar-refractivity contribution in [2.24, 2.45) is 5.92 Å². The summed E-state index contributed by atoms with van der Waals surface area (Å²) < 4.78 is 0. The molecule has 2 heterocycles. The summed E-state index contributed by atoms with van der Waals surface area (Å²) in [5, 5.41) is 1.24. The number of nitrogens with one attached hydrogen (secondary N) is 1. The molecule has 3 nitrogen and oxygen atoms in total. The first-order valence-corrected chi connectivity index (χ1v) is 7.07. The van der Waals surface area contributed by atoms with Gasteiger partial charge in [-0.2, -0.15) is 0 Å².